The number of hydrogen-bond acceptors (Lipinski definition) is 2. The van der Waals surface area contributed by atoms with Crippen LogP contribution in [-0.2, 0) is 23.3 Å². The minimum Gasteiger partial charge on any atom is -0.334 e. The Morgan fingerprint density at radius 2 is 1.64 bits per heavy atom. The van der Waals surface area contributed by atoms with Crippen LogP contribution in [0, 0.1) is 0 Å². The molecular weight excluding hydrogens is 314 g/mol. The number of carbonyl (C=O) groups is 2. The second-order valence-corrected chi connectivity index (χ2v) is 6.86. The lowest BCUT2D eigenvalue weighted by molar-refractivity contribution is -0.121. The largest absolute Gasteiger partial charge is 0.334 e. The molecule has 130 valence electrons. The van der Waals surface area contributed by atoms with E-state index in [9.17, 15) is 9.59 Å². The van der Waals surface area contributed by atoms with Crippen molar-refractivity contribution in [1.82, 2.24) is 10.6 Å². The van der Waals surface area contributed by atoms with Gasteiger partial charge in [0.05, 0.1) is 5.41 Å². The molecule has 5 nitrogen and oxygen atoms in total. The Labute approximate surface area is 148 Å². The highest BCUT2D eigenvalue weighted by atomic mass is 16.2. The Kier molecular flexibility index (Phi) is 4.49. The van der Waals surface area contributed by atoms with Crippen LogP contribution in [0.4, 0.5) is 10.5 Å². The van der Waals surface area contributed by atoms with Gasteiger partial charge >= 0.3 is 6.03 Å². The number of hydrogen-bond donors (Lipinski definition) is 2. The van der Waals surface area contributed by atoms with Gasteiger partial charge in [0.1, 0.15) is 0 Å². The summed E-state index contributed by atoms with van der Waals surface area (Å²) < 4.78 is 0. The highest BCUT2D eigenvalue weighted by molar-refractivity contribution is 6.07. The van der Waals surface area contributed by atoms with E-state index in [0.717, 1.165) is 22.4 Å². The molecule has 3 amide bonds. The first-order valence-electron chi connectivity index (χ1n) is 8.37. The smallest absolute Gasteiger partial charge is 0.315 e. The molecule has 2 aromatic rings. The van der Waals surface area contributed by atoms with Gasteiger partial charge in [0.2, 0.25) is 5.91 Å². The summed E-state index contributed by atoms with van der Waals surface area (Å²) in [5, 5.41) is 5.70. The molecule has 0 aromatic heterocycles. The lowest BCUT2D eigenvalue weighted by Crippen LogP contribution is -2.34. The first-order chi connectivity index (χ1) is 11.9. The van der Waals surface area contributed by atoms with Gasteiger partial charge < -0.3 is 15.5 Å². The summed E-state index contributed by atoms with van der Waals surface area (Å²) in [7, 11) is 1.80. The highest BCUT2D eigenvalue weighted by Gasteiger charge is 2.42. The minimum absolute atomic E-state index is 0.0909. The van der Waals surface area contributed by atoms with Gasteiger partial charge in [-0.1, -0.05) is 42.5 Å². The zero-order valence-electron chi connectivity index (χ0n) is 14.8. The molecule has 2 N–H and O–H groups in total. The molecule has 1 aliphatic heterocycles. The average Bonchev–Trinajstić information content (AvgIpc) is 2.79. The molecule has 0 radical (unpaired) electrons. The Bertz CT molecular complexity index is 800. The monoisotopic (exact) mass is 337 g/mol. The second kappa shape index (κ2) is 6.59. The number of fused-ring (bicyclic) bond motifs is 1. The molecule has 0 atom stereocenters. The van der Waals surface area contributed by atoms with E-state index < -0.39 is 5.41 Å². The van der Waals surface area contributed by atoms with Crippen LogP contribution in [0.1, 0.15) is 30.5 Å². The third-order valence-corrected chi connectivity index (χ3v) is 4.68. The van der Waals surface area contributed by atoms with Crippen LogP contribution in [-0.4, -0.2) is 19.0 Å². The van der Waals surface area contributed by atoms with Crippen molar-refractivity contribution < 1.29 is 9.59 Å². The van der Waals surface area contributed by atoms with Crippen LogP contribution < -0.4 is 15.5 Å². The molecule has 1 aliphatic rings. The van der Waals surface area contributed by atoms with Crippen LogP contribution in [0.3, 0.4) is 0 Å². The first-order valence-corrected chi connectivity index (χ1v) is 8.37. The summed E-state index contributed by atoms with van der Waals surface area (Å²) in [5.41, 5.74) is 3.44. The van der Waals surface area contributed by atoms with Gasteiger partial charge in [-0.3, -0.25) is 4.79 Å². The highest BCUT2D eigenvalue weighted by Crippen LogP contribution is 2.40. The number of nitrogens with one attached hydrogen (secondary N) is 2. The Hall–Kier alpha value is -2.82. The third-order valence-electron chi connectivity index (χ3n) is 4.68. The summed E-state index contributed by atoms with van der Waals surface area (Å²) >= 11 is 0. The normalized spacial score (nSPS) is 15.0. The first kappa shape index (κ1) is 17.0. The van der Waals surface area contributed by atoms with Gasteiger partial charge in [0, 0.05) is 25.8 Å². The molecule has 0 spiro atoms. The number of amides is 3. The summed E-state index contributed by atoms with van der Waals surface area (Å²) in [4.78, 5) is 26.0. The maximum absolute atomic E-state index is 12.3. The van der Waals surface area contributed by atoms with Crippen molar-refractivity contribution in [3.8, 4) is 0 Å². The zero-order valence-corrected chi connectivity index (χ0v) is 14.8. The van der Waals surface area contributed by atoms with Crippen molar-refractivity contribution in [2.45, 2.75) is 32.4 Å². The summed E-state index contributed by atoms with van der Waals surface area (Å²) in [6.07, 6.45) is 0. The van der Waals surface area contributed by atoms with Gasteiger partial charge in [-0.25, -0.2) is 4.79 Å². The van der Waals surface area contributed by atoms with E-state index in [0.29, 0.717) is 13.1 Å². The molecule has 0 aliphatic carbocycles. The lowest BCUT2D eigenvalue weighted by atomic mass is 9.85. The molecule has 0 saturated heterocycles. The molecule has 1 heterocycles. The van der Waals surface area contributed by atoms with Crippen molar-refractivity contribution in [3.05, 3.63) is 65.2 Å². The fourth-order valence-electron chi connectivity index (χ4n) is 3.15. The van der Waals surface area contributed by atoms with E-state index >= 15 is 0 Å². The van der Waals surface area contributed by atoms with Crippen molar-refractivity contribution in [1.29, 1.82) is 0 Å². The third kappa shape index (κ3) is 3.36. The summed E-state index contributed by atoms with van der Waals surface area (Å²) in [6.45, 7) is 4.77. The number of nitrogens with zero attached hydrogens (tertiary/aromatic N) is 1. The standard InChI is InChI=1S/C20H23N3O2/c1-20(2)16-11-15(9-10-17(16)23(3)18(20)24)13-22-19(25)21-12-14-7-5-4-6-8-14/h4-11H,12-13H2,1-3H3,(H2,21,22,25). The van der Waals surface area contributed by atoms with Gasteiger partial charge in [0.25, 0.3) is 0 Å². The number of likely N-dealkylation sites (N-methyl/N-ethyl adjacent to an activating group) is 1. The number of benzene rings is 2. The SMILES string of the molecule is CN1C(=O)C(C)(C)c2cc(CNC(=O)NCc3ccccc3)ccc21. The fraction of sp³-hybridized carbons (Fsp3) is 0.300. The molecule has 25 heavy (non-hydrogen) atoms. The molecule has 0 unspecified atom stereocenters. The van der Waals surface area contributed by atoms with Gasteiger partial charge in [0.15, 0.2) is 0 Å². The predicted octanol–water partition coefficient (Wildman–Crippen LogP) is 2.94. The van der Waals surface area contributed by atoms with Crippen LogP contribution >= 0.6 is 0 Å². The van der Waals surface area contributed by atoms with E-state index in [4.69, 9.17) is 0 Å². The average molecular weight is 337 g/mol. The topological polar surface area (TPSA) is 61.4 Å². The summed E-state index contributed by atoms with van der Waals surface area (Å²) in [5.74, 6) is 0.0909. The van der Waals surface area contributed by atoms with Gasteiger partial charge in [-0.15, -0.1) is 0 Å². The van der Waals surface area contributed by atoms with Crippen LogP contribution in [0.15, 0.2) is 48.5 Å². The van der Waals surface area contributed by atoms with E-state index in [2.05, 4.69) is 10.6 Å². The zero-order chi connectivity index (χ0) is 18.0. The molecule has 0 fully saturated rings. The van der Waals surface area contributed by atoms with E-state index in [1.54, 1.807) is 11.9 Å². The molecule has 3 rings (SSSR count). The van der Waals surface area contributed by atoms with Gasteiger partial charge in [-0.2, -0.15) is 0 Å². The number of anilines is 1. The minimum atomic E-state index is -0.532. The molecule has 0 saturated carbocycles. The van der Waals surface area contributed by atoms with Crippen molar-refractivity contribution in [2.75, 3.05) is 11.9 Å². The number of urea groups is 1. The van der Waals surface area contributed by atoms with Gasteiger partial charge in [-0.05, 0) is 36.6 Å². The Morgan fingerprint density at radius 3 is 2.32 bits per heavy atom. The quantitative estimate of drug-likeness (QED) is 0.901. The molecular formula is C20H23N3O2. The van der Waals surface area contributed by atoms with E-state index in [1.807, 2.05) is 62.4 Å². The van der Waals surface area contributed by atoms with Crippen molar-refractivity contribution in [3.63, 3.8) is 0 Å². The van der Waals surface area contributed by atoms with Crippen LogP contribution in [0.25, 0.3) is 0 Å². The Balaban J connectivity index is 1.60. The van der Waals surface area contributed by atoms with Crippen LogP contribution in [0.5, 0.6) is 0 Å². The van der Waals surface area contributed by atoms with Crippen molar-refractivity contribution >= 4 is 17.6 Å². The van der Waals surface area contributed by atoms with Crippen LogP contribution in [0.2, 0.25) is 0 Å². The maximum atomic E-state index is 12.3. The maximum Gasteiger partial charge on any atom is 0.315 e. The molecule has 5 heteroatoms. The lowest BCUT2D eigenvalue weighted by Gasteiger charge is -2.17. The van der Waals surface area contributed by atoms with E-state index in [1.165, 1.54) is 0 Å². The second-order valence-electron chi connectivity index (χ2n) is 6.86. The number of carbonyl (C=O) groups excluding carboxylic acids is 2. The molecule has 2 aromatic carbocycles. The summed E-state index contributed by atoms with van der Waals surface area (Å²) in [6, 6.07) is 15.5. The van der Waals surface area contributed by atoms with E-state index in [-0.39, 0.29) is 11.9 Å². The fourth-order valence-corrected chi connectivity index (χ4v) is 3.15. The van der Waals surface area contributed by atoms with Crippen molar-refractivity contribution in [2.24, 2.45) is 0 Å². The predicted molar refractivity (Wildman–Crippen MR) is 98.4 cm³/mol. The number of rotatable bonds is 4. The Morgan fingerprint density at radius 1 is 1.00 bits per heavy atom. The molecule has 0 bridgehead atoms.